The molecule has 2 fully saturated rings. The molecule has 8 heteroatoms. The number of benzene rings is 2. The van der Waals surface area contributed by atoms with Crippen molar-refractivity contribution in [3.8, 4) is 0 Å². The summed E-state index contributed by atoms with van der Waals surface area (Å²) in [5.41, 5.74) is 0.784. The first-order valence-corrected chi connectivity index (χ1v) is 9.63. The van der Waals surface area contributed by atoms with Crippen LogP contribution in [0.5, 0.6) is 0 Å². The quantitative estimate of drug-likeness (QED) is 0.665. The molecule has 2 heterocycles. The van der Waals surface area contributed by atoms with Crippen LogP contribution in [-0.4, -0.2) is 63.2 Å². The predicted molar refractivity (Wildman–Crippen MR) is 103 cm³/mol. The lowest BCUT2D eigenvalue weighted by Crippen LogP contribution is -2.58. The highest BCUT2D eigenvalue weighted by Crippen LogP contribution is 2.26. The van der Waals surface area contributed by atoms with Gasteiger partial charge in [0.2, 0.25) is 0 Å². The van der Waals surface area contributed by atoms with Crippen LogP contribution >= 0.6 is 0 Å². The fourth-order valence-corrected chi connectivity index (χ4v) is 3.35. The van der Waals surface area contributed by atoms with E-state index in [9.17, 15) is 9.59 Å². The minimum Gasteiger partial charge on any atom is -0.458 e. The fourth-order valence-electron chi connectivity index (χ4n) is 3.35. The van der Waals surface area contributed by atoms with Gasteiger partial charge in [-0.3, -0.25) is 0 Å². The van der Waals surface area contributed by atoms with Gasteiger partial charge in [0, 0.05) is 0 Å². The summed E-state index contributed by atoms with van der Waals surface area (Å²) in [5.74, 6) is -1.07. The van der Waals surface area contributed by atoms with E-state index in [2.05, 4.69) is 0 Å². The predicted octanol–water partition coefficient (Wildman–Crippen LogP) is 2.18. The molecule has 2 aliphatic rings. The van der Waals surface area contributed by atoms with Gasteiger partial charge in [-0.1, -0.05) is 36.4 Å². The third-order valence-corrected chi connectivity index (χ3v) is 4.88. The van der Waals surface area contributed by atoms with Crippen molar-refractivity contribution < 1.29 is 38.0 Å². The van der Waals surface area contributed by atoms with Crippen molar-refractivity contribution >= 4 is 11.9 Å². The summed E-state index contributed by atoms with van der Waals surface area (Å²) in [7, 11) is 0. The molecule has 4 rings (SSSR count). The summed E-state index contributed by atoms with van der Waals surface area (Å²) < 4.78 is 33.3. The molecule has 2 saturated heterocycles. The zero-order valence-electron chi connectivity index (χ0n) is 16.2. The van der Waals surface area contributed by atoms with Crippen molar-refractivity contribution in [2.75, 3.05) is 26.8 Å². The number of hydrogen-bond acceptors (Lipinski definition) is 8. The molecule has 0 unspecified atom stereocenters. The Morgan fingerprint density at radius 2 is 1.53 bits per heavy atom. The molecule has 0 amide bonds. The van der Waals surface area contributed by atoms with E-state index < -0.39 is 30.3 Å². The number of esters is 2. The van der Waals surface area contributed by atoms with Crippen molar-refractivity contribution in [1.29, 1.82) is 0 Å². The lowest BCUT2D eigenvalue weighted by Gasteiger charge is -2.42. The van der Waals surface area contributed by atoms with Gasteiger partial charge in [-0.15, -0.1) is 0 Å². The van der Waals surface area contributed by atoms with E-state index in [1.807, 2.05) is 0 Å². The highest BCUT2D eigenvalue weighted by Gasteiger charge is 2.45. The Kier molecular flexibility index (Phi) is 6.70. The lowest BCUT2D eigenvalue weighted by atomic mass is 10.0. The first-order chi connectivity index (χ1) is 14.7. The molecule has 8 nitrogen and oxygen atoms in total. The monoisotopic (exact) mass is 414 g/mol. The topological polar surface area (TPSA) is 89.5 Å². The number of ether oxygens (including phenoxy) is 6. The van der Waals surface area contributed by atoms with Gasteiger partial charge in [0.1, 0.15) is 38.5 Å². The van der Waals surface area contributed by atoms with Gasteiger partial charge in [0.25, 0.3) is 0 Å². The molecule has 0 N–H and O–H groups in total. The standard InChI is InChI=1S/C22H22O8/c23-21(15-7-3-1-4-8-15)26-12-18(30-22(24)16-9-5-2-6-10-16)20-19-17(27-14-29-20)11-25-13-28-19/h1-10,17-20H,11-14H2/t17-,18-,19+,20-/m1/s1. The van der Waals surface area contributed by atoms with Crippen molar-refractivity contribution in [3.05, 3.63) is 71.8 Å². The molecule has 158 valence electrons. The summed E-state index contributed by atoms with van der Waals surface area (Å²) in [6, 6.07) is 17.2. The van der Waals surface area contributed by atoms with Gasteiger partial charge in [-0.25, -0.2) is 9.59 Å². The number of carbonyl (C=O) groups excluding carboxylic acids is 2. The minimum absolute atomic E-state index is 0.00935. The van der Waals surface area contributed by atoms with Crippen molar-refractivity contribution in [2.24, 2.45) is 0 Å². The van der Waals surface area contributed by atoms with Gasteiger partial charge < -0.3 is 28.4 Å². The molecular weight excluding hydrogens is 392 g/mol. The van der Waals surface area contributed by atoms with Gasteiger partial charge >= 0.3 is 11.9 Å². The first kappa shape index (κ1) is 20.5. The van der Waals surface area contributed by atoms with E-state index in [0.29, 0.717) is 17.7 Å². The van der Waals surface area contributed by atoms with Crippen LogP contribution in [0.1, 0.15) is 20.7 Å². The highest BCUT2D eigenvalue weighted by atomic mass is 16.8. The van der Waals surface area contributed by atoms with E-state index >= 15 is 0 Å². The third-order valence-electron chi connectivity index (χ3n) is 4.88. The SMILES string of the molecule is O=C(OC[C@@H](OC(=O)c1ccccc1)[C@H]1OCO[C@@H]2COCO[C@H]12)c1ccccc1. The summed E-state index contributed by atoms with van der Waals surface area (Å²) >= 11 is 0. The van der Waals surface area contributed by atoms with Crippen molar-refractivity contribution in [3.63, 3.8) is 0 Å². The molecule has 0 aliphatic carbocycles. The smallest absolute Gasteiger partial charge is 0.338 e. The van der Waals surface area contributed by atoms with Crippen LogP contribution in [0.15, 0.2) is 60.7 Å². The van der Waals surface area contributed by atoms with Gasteiger partial charge in [0.05, 0.1) is 17.7 Å². The van der Waals surface area contributed by atoms with Crippen LogP contribution in [0, 0.1) is 0 Å². The molecule has 2 aliphatic heterocycles. The average Bonchev–Trinajstić information content (AvgIpc) is 2.82. The summed E-state index contributed by atoms with van der Waals surface area (Å²) in [6.45, 7) is 0.218. The van der Waals surface area contributed by atoms with E-state index in [1.54, 1.807) is 60.7 Å². The van der Waals surface area contributed by atoms with E-state index in [4.69, 9.17) is 28.4 Å². The summed E-state index contributed by atoms with van der Waals surface area (Å²) in [6.07, 6.45) is -2.44. The fraction of sp³-hybridized carbons (Fsp3) is 0.364. The molecular formula is C22H22O8. The van der Waals surface area contributed by atoms with Crippen LogP contribution < -0.4 is 0 Å². The highest BCUT2D eigenvalue weighted by molar-refractivity contribution is 5.90. The molecule has 0 saturated carbocycles. The molecule has 30 heavy (non-hydrogen) atoms. The van der Waals surface area contributed by atoms with Crippen LogP contribution in [0.25, 0.3) is 0 Å². The zero-order chi connectivity index (χ0) is 20.8. The van der Waals surface area contributed by atoms with Crippen LogP contribution in [-0.2, 0) is 28.4 Å². The molecule has 4 atom stereocenters. The Bertz CT molecular complexity index is 839. The van der Waals surface area contributed by atoms with Crippen molar-refractivity contribution in [1.82, 2.24) is 0 Å². The molecule has 2 aromatic rings. The molecule has 0 spiro atoms. The van der Waals surface area contributed by atoms with Crippen LogP contribution in [0.3, 0.4) is 0 Å². The Hall–Kier alpha value is -2.78. The second-order valence-corrected chi connectivity index (χ2v) is 6.85. The van der Waals surface area contributed by atoms with Gasteiger partial charge in [-0.2, -0.15) is 0 Å². The van der Waals surface area contributed by atoms with E-state index in [1.165, 1.54) is 0 Å². The maximum Gasteiger partial charge on any atom is 0.338 e. The Morgan fingerprint density at radius 1 is 0.867 bits per heavy atom. The number of rotatable bonds is 6. The second-order valence-electron chi connectivity index (χ2n) is 6.85. The Balaban J connectivity index is 1.49. The molecule has 0 aromatic heterocycles. The van der Waals surface area contributed by atoms with Gasteiger partial charge in [0.15, 0.2) is 6.10 Å². The largest absolute Gasteiger partial charge is 0.458 e. The number of carbonyl (C=O) groups is 2. The maximum absolute atomic E-state index is 12.7. The Morgan fingerprint density at radius 3 is 2.23 bits per heavy atom. The normalized spacial score (nSPS) is 24.3. The summed E-state index contributed by atoms with van der Waals surface area (Å²) in [5, 5.41) is 0. The van der Waals surface area contributed by atoms with E-state index in [-0.39, 0.29) is 26.3 Å². The van der Waals surface area contributed by atoms with Crippen LogP contribution in [0.2, 0.25) is 0 Å². The lowest BCUT2D eigenvalue weighted by molar-refractivity contribution is -0.314. The molecule has 0 radical (unpaired) electrons. The maximum atomic E-state index is 12.7. The Labute approximate surface area is 173 Å². The van der Waals surface area contributed by atoms with Crippen LogP contribution in [0.4, 0.5) is 0 Å². The second kappa shape index (κ2) is 9.82. The third kappa shape index (κ3) is 4.85. The summed E-state index contributed by atoms with van der Waals surface area (Å²) in [4.78, 5) is 25.0. The minimum atomic E-state index is -0.889. The molecule has 2 aromatic carbocycles. The van der Waals surface area contributed by atoms with Crippen molar-refractivity contribution in [2.45, 2.75) is 24.4 Å². The average molecular weight is 414 g/mol. The van der Waals surface area contributed by atoms with Gasteiger partial charge in [-0.05, 0) is 24.3 Å². The number of hydrogen-bond donors (Lipinski definition) is 0. The zero-order valence-corrected chi connectivity index (χ0v) is 16.2. The first-order valence-electron chi connectivity index (χ1n) is 9.63. The number of fused-ring (bicyclic) bond motifs is 1. The molecule has 0 bridgehead atoms. The van der Waals surface area contributed by atoms with E-state index in [0.717, 1.165) is 0 Å².